The number of rotatable bonds is 3. The molecule has 7 heteroatoms. The molecule has 1 aromatic heterocycles. The van der Waals surface area contributed by atoms with Gasteiger partial charge in [-0.05, 0) is 19.1 Å². The minimum absolute atomic E-state index is 0.0725. The van der Waals surface area contributed by atoms with E-state index in [2.05, 4.69) is 15.5 Å². The van der Waals surface area contributed by atoms with E-state index in [1.54, 1.807) is 6.92 Å². The first kappa shape index (κ1) is 11.5. The van der Waals surface area contributed by atoms with Crippen LogP contribution in [0.3, 0.4) is 0 Å². The molecule has 1 heterocycles. The van der Waals surface area contributed by atoms with E-state index < -0.39 is 11.6 Å². The third-order valence-electron chi connectivity index (χ3n) is 2.00. The third kappa shape index (κ3) is 2.56. The fourth-order valence-corrected chi connectivity index (χ4v) is 1.17. The van der Waals surface area contributed by atoms with Gasteiger partial charge in [-0.1, -0.05) is 5.10 Å². The summed E-state index contributed by atoms with van der Waals surface area (Å²) in [6.07, 6.45) is 0. The second kappa shape index (κ2) is 4.46. The maximum atomic E-state index is 12.9. The molecule has 2 rings (SSSR count). The van der Waals surface area contributed by atoms with Gasteiger partial charge >= 0.3 is 6.01 Å². The van der Waals surface area contributed by atoms with E-state index in [1.807, 2.05) is 0 Å². The molecule has 1 unspecified atom stereocenters. The number of nitrogens with two attached hydrogens (primary N) is 1. The first-order valence-electron chi connectivity index (χ1n) is 4.87. The molecule has 1 atom stereocenters. The molecule has 0 aliphatic carbocycles. The summed E-state index contributed by atoms with van der Waals surface area (Å²) in [5.74, 6) is -1.62. The molecule has 0 bridgehead atoms. The van der Waals surface area contributed by atoms with Gasteiger partial charge in [-0.3, -0.25) is 0 Å². The van der Waals surface area contributed by atoms with Crippen LogP contribution in [0.4, 0.5) is 20.5 Å². The molecule has 0 amide bonds. The molecule has 0 aliphatic heterocycles. The van der Waals surface area contributed by atoms with Gasteiger partial charge in [-0.25, -0.2) is 8.78 Å². The highest BCUT2D eigenvalue weighted by atomic mass is 19.2. The Kier molecular flexibility index (Phi) is 3.01. The van der Waals surface area contributed by atoms with Crippen LogP contribution in [0.5, 0.6) is 0 Å². The van der Waals surface area contributed by atoms with Crippen LogP contribution in [0.25, 0.3) is 0 Å². The molecule has 2 aromatic rings. The number of nitrogens with one attached hydrogen (secondary N) is 1. The van der Waals surface area contributed by atoms with E-state index in [9.17, 15) is 8.78 Å². The maximum Gasteiger partial charge on any atom is 0.320 e. The zero-order chi connectivity index (χ0) is 12.4. The summed E-state index contributed by atoms with van der Waals surface area (Å²) in [7, 11) is 0. The van der Waals surface area contributed by atoms with Crippen LogP contribution < -0.4 is 11.1 Å². The number of hydrogen-bond acceptors (Lipinski definition) is 5. The molecular formula is C10H10F2N4O. The highest BCUT2D eigenvalue weighted by molar-refractivity contribution is 5.51. The minimum atomic E-state index is -0.957. The summed E-state index contributed by atoms with van der Waals surface area (Å²) in [5, 5.41) is 9.99. The average molecular weight is 240 g/mol. The monoisotopic (exact) mass is 240 g/mol. The molecule has 17 heavy (non-hydrogen) atoms. The normalized spacial score (nSPS) is 12.5. The van der Waals surface area contributed by atoms with Crippen molar-refractivity contribution in [1.29, 1.82) is 0 Å². The Labute approximate surface area is 95.6 Å². The van der Waals surface area contributed by atoms with E-state index >= 15 is 0 Å². The number of hydrogen-bond donors (Lipinski definition) is 2. The first-order valence-corrected chi connectivity index (χ1v) is 4.87. The summed E-state index contributed by atoms with van der Waals surface area (Å²) >= 11 is 0. The lowest BCUT2D eigenvalue weighted by atomic mass is 10.3. The minimum Gasteiger partial charge on any atom is -0.406 e. The molecule has 0 aliphatic rings. The first-order chi connectivity index (χ1) is 8.06. The van der Waals surface area contributed by atoms with Gasteiger partial charge in [0.2, 0.25) is 5.89 Å². The maximum absolute atomic E-state index is 12.9. The highest BCUT2D eigenvalue weighted by Gasteiger charge is 2.10. The predicted octanol–water partition coefficient (Wildman–Crippen LogP) is 2.11. The van der Waals surface area contributed by atoms with Gasteiger partial charge in [0, 0.05) is 11.8 Å². The van der Waals surface area contributed by atoms with Crippen LogP contribution in [0.15, 0.2) is 22.6 Å². The van der Waals surface area contributed by atoms with Crippen molar-refractivity contribution < 1.29 is 13.2 Å². The SMILES string of the molecule is CC(N)c1nnc(Nc2ccc(F)c(F)c2)o1. The van der Waals surface area contributed by atoms with Crippen molar-refractivity contribution >= 4 is 11.7 Å². The van der Waals surface area contributed by atoms with Gasteiger partial charge in [-0.2, -0.15) is 0 Å². The Balaban J connectivity index is 2.16. The highest BCUT2D eigenvalue weighted by Crippen LogP contribution is 2.19. The fourth-order valence-electron chi connectivity index (χ4n) is 1.17. The van der Waals surface area contributed by atoms with Crippen molar-refractivity contribution in [2.24, 2.45) is 5.73 Å². The van der Waals surface area contributed by atoms with Gasteiger partial charge in [-0.15, -0.1) is 5.10 Å². The zero-order valence-electron chi connectivity index (χ0n) is 8.95. The lowest BCUT2D eigenvalue weighted by Gasteiger charge is -2.01. The zero-order valence-corrected chi connectivity index (χ0v) is 8.95. The lowest BCUT2D eigenvalue weighted by Crippen LogP contribution is -2.04. The van der Waals surface area contributed by atoms with Crippen LogP contribution in [-0.2, 0) is 0 Å². The van der Waals surface area contributed by atoms with Crippen molar-refractivity contribution in [3.8, 4) is 0 Å². The number of anilines is 2. The van der Waals surface area contributed by atoms with Gasteiger partial charge in [0.05, 0.1) is 6.04 Å². The van der Waals surface area contributed by atoms with Crippen LogP contribution in [0, 0.1) is 11.6 Å². The molecule has 0 saturated carbocycles. The van der Waals surface area contributed by atoms with E-state index in [0.717, 1.165) is 12.1 Å². The molecule has 0 spiro atoms. The van der Waals surface area contributed by atoms with Crippen molar-refractivity contribution in [1.82, 2.24) is 10.2 Å². The number of nitrogens with zero attached hydrogens (tertiary/aromatic N) is 2. The fraction of sp³-hybridized carbons (Fsp3) is 0.200. The van der Waals surface area contributed by atoms with Gasteiger partial charge in [0.15, 0.2) is 11.6 Å². The average Bonchev–Trinajstić information content (AvgIpc) is 2.72. The molecule has 0 saturated heterocycles. The largest absolute Gasteiger partial charge is 0.406 e. The molecule has 1 aromatic carbocycles. The number of halogens is 2. The van der Waals surface area contributed by atoms with Crippen molar-refractivity contribution in [2.75, 3.05) is 5.32 Å². The summed E-state index contributed by atoms with van der Waals surface area (Å²) in [4.78, 5) is 0. The molecular weight excluding hydrogens is 230 g/mol. The Morgan fingerprint density at radius 2 is 2.06 bits per heavy atom. The molecule has 0 fully saturated rings. The van der Waals surface area contributed by atoms with Crippen molar-refractivity contribution in [3.05, 3.63) is 35.7 Å². The van der Waals surface area contributed by atoms with Gasteiger partial charge in [0.1, 0.15) is 0 Å². The summed E-state index contributed by atoms with van der Waals surface area (Å²) < 4.78 is 30.7. The van der Waals surface area contributed by atoms with Crippen molar-refractivity contribution in [2.45, 2.75) is 13.0 Å². The van der Waals surface area contributed by atoms with Crippen LogP contribution in [-0.4, -0.2) is 10.2 Å². The molecule has 3 N–H and O–H groups in total. The molecule has 90 valence electrons. The third-order valence-corrected chi connectivity index (χ3v) is 2.00. The summed E-state index contributed by atoms with van der Waals surface area (Å²) in [6, 6.07) is 3.03. The van der Waals surface area contributed by atoms with Crippen LogP contribution in [0.1, 0.15) is 18.9 Å². The van der Waals surface area contributed by atoms with Crippen molar-refractivity contribution in [3.63, 3.8) is 0 Å². The van der Waals surface area contributed by atoms with E-state index in [4.69, 9.17) is 10.2 Å². The van der Waals surface area contributed by atoms with E-state index in [1.165, 1.54) is 6.07 Å². The Hall–Kier alpha value is -2.02. The number of aromatic nitrogens is 2. The Bertz CT molecular complexity index is 527. The van der Waals surface area contributed by atoms with Gasteiger partial charge < -0.3 is 15.5 Å². The smallest absolute Gasteiger partial charge is 0.320 e. The molecule has 0 radical (unpaired) electrons. The van der Waals surface area contributed by atoms with Gasteiger partial charge in [0.25, 0.3) is 0 Å². The van der Waals surface area contributed by atoms with Crippen LogP contribution in [0.2, 0.25) is 0 Å². The standard InChI is InChI=1S/C10H10F2N4O/c1-5(13)9-15-16-10(17-9)14-6-2-3-7(11)8(12)4-6/h2-5H,13H2,1H3,(H,14,16). The summed E-state index contributed by atoms with van der Waals surface area (Å²) in [6.45, 7) is 1.69. The lowest BCUT2D eigenvalue weighted by molar-refractivity contribution is 0.475. The number of benzene rings is 1. The van der Waals surface area contributed by atoms with E-state index in [0.29, 0.717) is 5.69 Å². The molecule has 5 nitrogen and oxygen atoms in total. The predicted molar refractivity (Wildman–Crippen MR) is 56.5 cm³/mol. The summed E-state index contributed by atoms with van der Waals surface area (Å²) in [5.41, 5.74) is 5.84. The topological polar surface area (TPSA) is 77.0 Å². The quantitative estimate of drug-likeness (QED) is 0.859. The van der Waals surface area contributed by atoms with Crippen LogP contribution >= 0.6 is 0 Å². The second-order valence-corrected chi connectivity index (χ2v) is 3.49. The Morgan fingerprint density at radius 3 is 2.65 bits per heavy atom. The second-order valence-electron chi connectivity index (χ2n) is 3.49. The Morgan fingerprint density at radius 1 is 1.29 bits per heavy atom. The van der Waals surface area contributed by atoms with E-state index in [-0.39, 0.29) is 17.9 Å².